The molecule has 0 unspecified atom stereocenters. The average molecular weight is 292 g/mol. The van der Waals surface area contributed by atoms with Crippen LogP contribution in [0.3, 0.4) is 0 Å². The topological polar surface area (TPSA) is 97.6 Å². The fourth-order valence-corrected chi connectivity index (χ4v) is 1.89. The lowest BCUT2D eigenvalue weighted by Crippen LogP contribution is -2.43. The van der Waals surface area contributed by atoms with Crippen molar-refractivity contribution < 1.29 is 23.5 Å². The van der Waals surface area contributed by atoms with Gasteiger partial charge in [-0.25, -0.2) is 0 Å². The van der Waals surface area contributed by atoms with Gasteiger partial charge in [0.15, 0.2) is 12.4 Å². The van der Waals surface area contributed by atoms with Gasteiger partial charge in [-0.15, -0.1) is 0 Å². The smallest absolute Gasteiger partial charge is 0.309 e. The van der Waals surface area contributed by atoms with Crippen LogP contribution in [0, 0.1) is 5.92 Å². The summed E-state index contributed by atoms with van der Waals surface area (Å²) in [6.45, 7) is -0.433. The number of ether oxygens (including phenoxy) is 1. The molecule has 0 aliphatic heterocycles. The Hall–Kier alpha value is -2.57. The SMILES string of the molecule is O=C(COC(=O)[C@@H]1CC=CCC1)NNC(=O)c1ccco1. The van der Waals surface area contributed by atoms with Crippen molar-refractivity contribution in [2.75, 3.05) is 6.61 Å². The number of nitrogens with one attached hydrogen (secondary N) is 2. The van der Waals surface area contributed by atoms with Crippen LogP contribution in [-0.2, 0) is 14.3 Å². The van der Waals surface area contributed by atoms with Gasteiger partial charge in [0.25, 0.3) is 5.91 Å². The van der Waals surface area contributed by atoms with E-state index in [4.69, 9.17) is 9.15 Å². The molecule has 7 heteroatoms. The summed E-state index contributed by atoms with van der Waals surface area (Å²) in [6, 6.07) is 3.01. The van der Waals surface area contributed by atoms with Crippen LogP contribution in [0.15, 0.2) is 35.0 Å². The minimum Gasteiger partial charge on any atom is -0.459 e. The van der Waals surface area contributed by atoms with E-state index in [0.29, 0.717) is 6.42 Å². The van der Waals surface area contributed by atoms with E-state index in [1.54, 1.807) is 6.07 Å². The molecule has 0 aromatic carbocycles. The Morgan fingerprint density at radius 2 is 2.14 bits per heavy atom. The number of hydrogen-bond donors (Lipinski definition) is 2. The third-order valence-corrected chi connectivity index (χ3v) is 3.01. The third-order valence-electron chi connectivity index (χ3n) is 3.01. The molecule has 1 aromatic rings. The van der Waals surface area contributed by atoms with Gasteiger partial charge in [-0.2, -0.15) is 0 Å². The largest absolute Gasteiger partial charge is 0.459 e. The minimum atomic E-state index is -0.616. The Labute approximate surface area is 121 Å². The molecule has 0 spiro atoms. The first-order chi connectivity index (χ1) is 10.2. The molecule has 0 fully saturated rings. The van der Waals surface area contributed by atoms with Crippen molar-refractivity contribution in [3.63, 3.8) is 0 Å². The van der Waals surface area contributed by atoms with Crippen LogP contribution in [0.4, 0.5) is 0 Å². The molecule has 1 aliphatic rings. The van der Waals surface area contributed by atoms with Gasteiger partial charge in [0, 0.05) is 0 Å². The summed E-state index contributed by atoms with van der Waals surface area (Å²) in [7, 11) is 0. The summed E-state index contributed by atoms with van der Waals surface area (Å²) in [5, 5.41) is 0. The van der Waals surface area contributed by atoms with E-state index in [9.17, 15) is 14.4 Å². The molecule has 2 N–H and O–H groups in total. The van der Waals surface area contributed by atoms with Crippen molar-refractivity contribution >= 4 is 17.8 Å². The normalized spacial score (nSPS) is 17.0. The number of hydrogen-bond acceptors (Lipinski definition) is 5. The van der Waals surface area contributed by atoms with Crippen molar-refractivity contribution in [1.82, 2.24) is 10.9 Å². The molecule has 1 heterocycles. The molecule has 1 aromatic heterocycles. The maximum Gasteiger partial charge on any atom is 0.309 e. The first-order valence-electron chi connectivity index (χ1n) is 6.61. The molecular weight excluding hydrogens is 276 g/mol. The molecule has 2 amide bonds. The Morgan fingerprint density at radius 1 is 1.29 bits per heavy atom. The van der Waals surface area contributed by atoms with Crippen LogP contribution in [0.1, 0.15) is 29.8 Å². The lowest BCUT2D eigenvalue weighted by Gasteiger charge is -2.16. The van der Waals surface area contributed by atoms with Gasteiger partial charge in [0.05, 0.1) is 12.2 Å². The van der Waals surface area contributed by atoms with Crippen LogP contribution in [0.2, 0.25) is 0 Å². The predicted octanol–water partition coefficient (Wildman–Crippen LogP) is 0.940. The predicted molar refractivity (Wildman–Crippen MR) is 71.8 cm³/mol. The first-order valence-corrected chi connectivity index (χ1v) is 6.61. The number of hydrazine groups is 1. The van der Waals surface area contributed by atoms with Crippen LogP contribution < -0.4 is 10.9 Å². The molecular formula is C14H16N2O5. The Morgan fingerprint density at radius 3 is 2.81 bits per heavy atom. The minimum absolute atomic E-state index is 0.0706. The number of furan rings is 1. The van der Waals surface area contributed by atoms with Gasteiger partial charge in [0.2, 0.25) is 0 Å². The fourth-order valence-electron chi connectivity index (χ4n) is 1.89. The highest BCUT2D eigenvalue weighted by Crippen LogP contribution is 2.19. The van der Waals surface area contributed by atoms with Gasteiger partial charge < -0.3 is 9.15 Å². The summed E-state index contributed by atoms with van der Waals surface area (Å²) < 4.78 is 9.76. The molecule has 7 nitrogen and oxygen atoms in total. The van der Waals surface area contributed by atoms with Gasteiger partial charge in [-0.3, -0.25) is 25.2 Å². The van der Waals surface area contributed by atoms with Crippen molar-refractivity contribution in [2.45, 2.75) is 19.3 Å². The molecule has 0 radical (unpaired) electrons. The molecule has 2 rings (SSSR count). The van der Waals surface area contributed by atoms with Gasteiger partial charge in [0.1, 0.15) is 0 Å². The highest BCUT2D eigenvalue weighted by Gasteiger charge is 2.21. The zero-order valence-corrected chi connectivity index (χ0v) is 11.3. The maximum absolute atomic E-state index is 11.7. The second-order valence-electron chi connectivity index (χ2n) is 4.57. The summed E-state index contributed by atoms with van der Waals surface area (Å²) in [5.41, 5.74) is 4.29. The second kappa shape index (κ2) is 7.28. The quantitative estimate of drug-likeness (QED) is 0.489. The van der Waals surface area contributed by atoms with Gasteiger partial charge in [-0.05, 0) is 31.4 Å². The van der Waals surface area contributed by atoms with E-state index in [0.717, 1.165) is 12.8 Å². The molecule has 1 aliphatic carbocycles. The lowest BCUT2D eigenvalue weighted by atomic mass is 9.95. The maximum atomic E-state index is 11.7. The van der Waals surface area contributed by atoms with Crippen molar-refractivity contribution in [3.8, 4) is 0 Å². The fraction of sp³-hybridized carbons (Fsp3) is 0.357. The molecule has 1 atom stereocenters. The number of allylic oxidation sites excluding steroid dienone is 2. The van der Waals surface area contributed by atoms with E-state index in [-0.39, 0.29) is 11.7 Å². The lowest BCUT2D eigenvalue weighted by molar-refractivity contribution is -0.153. The highest BCUT2D eigenvalue weighted by atomic mass is 16.5. The van der Waals surface area contributed by atoms with Crippen LogP contribution in [-0.4, -0.2) is 24.4 Å². The highest BCUT2D eigenvalue weighted by molar-refractivity contribution is 5.93. The zero-order chi connectivity index (χ0) is 15.1. The van der Waals surface area contributed by atoms with Crippen molar-refractivity contribution in [2.24, 2.45) is 5.92 Å². The summed E-state index contributed by atoms with van der Waals surface area (Å²) in [5.74, 6) is -1.72. The average Bonchev–Trinajstić information content (AvgIpc) is 3.05. The summed E-state index contributed by atoms with van der Waals surface area (Å²) in [4.78, 5) is 34.6. The third kappa shape index (κ3) is 4.48. The van der Waals surface area contributed by atoms with E-state index in [1.165, 1.54) is 12.3 Å². The standard InChI is InChI=1S/C14H16N2O5/c17-12(15-16-13(18)11-7-4-8-20-11)9-21-14(19)10-5-2-1-3-6-10/h1-2,4,7-8,10H,3,5-6,9H2,(H,15,17)(H,16,18)/t10-/m1/s1. The molecule has 21 heavy (non-hydrogen) atoms. The summed E-state index contributed by atoms with van der Waals surface area (Å²) >= 11 is 0. The Bertz CT molecular complexity index is 536. The van der Waals surface area contributed by atoms with Crippen molar-refractivity contribution in [1.29, 1.82) is 0 Å². The van der Waals surface area contributed by atoms with E-state index >= 15 is 0 Å². The number of carbonyl (C=O) groups is 3. The number of rotatable bonds is 4. The monoisotopic (exact) mass is 292 g/mol. The summed E-state index contributed by atoms with van der Waals surface area (Å²) in [6.07, 6.45) is 7.49. The van der Waals surface area contributed by atoms with E-state index in [1.807, 2.05) is 12.2 Å². The van der Waals surface area contributed by atoms with Gasteiger partial charge >= 0.3 is 11.9 Å². The Balaban J connectivity index is 1.66. The second-order valence-corrected chi connectivity index (χ2v) is 4.57. The number of amides is 2. The van der Waals surface area contributed by atoms with E-state index < -0.39 is 24.4 Å². The van der Waals surface area contributed by atoms with Crippen molar-refractivity contribution in [3.05, 3.63) is 36.3 Å². The molecule has 0 saturated heterocycles. The van der Waals surface area contributed by atoms with E-state index in [2.05, 4.69) is 10.9 Å². The molecule has 112 valence electrons. The van der Waals surface area contributed by atoms with Crippen LogP contribution >= 0.6 is 0 Å². The number of carbonyl (C=O) groups excluding carboxylic acids is 3. The van der Waals surface area contributed by atoms with Crippen LogP contribution in [0.25, 0.3) is 0 Å². The Kier molecular flexibility index (Phi) is 5.14. The van der Waals surface area contributed by atoms with Gasteiger partial charge in [-0.1, -0.05) is 12.2 Å². The zero-order valence-electron chi connectivity index (χ0n) is 11.3. The first kappa shape index (κ1) is 14.8. The molecule has 0 saturated carbocycles. The number of esters is 1. The molecule has 0 bridgehead atoms. The van der Waals surface area contributed by atoms with Crippen LogP contribution in [0.5, 0.6) is 0 Å².